The zero-order chi connectivity index (χ0) is 14.7. The molecule has 1 saturated heterocycles. The molecular weight excluding hydrogens is 263 g/mol. The highest BCUT2D eigenvalue weighted by Gasteiger charge is 2.32. The Labute approximate surface area is 116 Å². The van der Waals surface area contributed by atoms with Gasteiger partial charge in [0.2, 0.25) is 11.8 Å². The average molecular weight is 280 g/mol. The van der Waals surface area contributed by atoms with Crippen LogP contribution in [0.4, 0.5) is 4.39 Å². The molecule has 0 bridgehead atoms. The second-order valence-electron chi connectivity index (χ2n) is 4.63. The summed E-state index contributed by atoms with van der Waals surface area (Å²) in [4.78, 5) is 25.1. The van der Waals surface area contributed by atoms with Crippen molar-refractivity contribution in [3.8, 4) is 5.75 Å². The molecule has 1 N–H and O–H groups in total. The maximum atomic E-state index is 13.6. The van der Waals surface area contributed by atoms with Gasteiger partial charge in [-0.3, -0.25) is 19.8 Å². The Hall–Kier alpha value is -1.95. The minimum atomic E-state index is -0.507. The molecule has 1 atom stereocenters. The van der Waals surface area contributed by atoms with Crippen LogP contribution >= 0.6 is 0 Å². The van der Waals surface area contributed by atoms with E-state index in [0.717, 1.165) is 0 Å². The number of hydrogen-bond acceptors (Lipinski definition) is 4. The van der Waals surface area contributed by atoms with Gasteiger partial charge in [-0.25, -0.2) is 4.39 Å². The zero-order valence-corrected chi connectivity index (χ0v) is 11.5. The molecule has 1 heterocycles. The van der Waals surface area contributed by atoms with Gasteiger partial charge in [-0.05, 0) is 24.1 Å². The molecule has 1 aromatic rings. The summed E-state index contributed by atoms with van der Waals surface area (Å²) in [7, 11) is 1.38. The number of benzene rings is 1. The van der Waals surface area contributed by atoms with E-state index < -0.39 is 5.82 Å². The predicted octanol–water partition coefficient (Wildman–Crippen LogP) is 1.07. The van der Waals surface area contributed by atoms with Crippen LogP contribution in [0.5, 0.6) is 5.75 Å². The number of carbonyl (C=O) groups is 2. The van der Waals surface area contributed by atoms with Crippen LogP contribution in [0.25, 0.3) is 0 Å². The first kappa shape index (κ1) is 14.5. The van der Waals surface area contributed by atoms with Crippen molar-refractivity contribution in [1.82, 2.24) is 10.2 Å². The van der Waals surface area contributed by atoms with E-state index in [1.165, 1.54) is 24.1 Å². The lowest BCUT2D eigenvalue weighted by Gasteiger charge is -2.31. The van der Waals surface area contributed by atoms with Crippen LogP contribution < -0.4 is 10.1 Å². The molecule has 0 aliphatic carbocycles. The lowest BCUT2D eigenvalue weighted by Crippen LogP contribution is -2.57. The maximum Gasteiger partial charge on any atom is 0.246 e. The van der Waals surface area contributed by atoms with Crippen molar-refractivity contribution in [3.63, 3.8) is 0 Å². The van der Waals surface area contributed by atoms with Crippen LogP contribution in [0.1, 0.15) is 18.9 Å². The van der Waals surface area contributed by atoms with Crippen LogP contribution in [-0.2, 0) is 16.1 Å². The second-order valence-corrected chi connectivity index (χ2v) is 4.63. The molecule has 0 saturated carbocycles. The number of imide groups is 1. The van der Waals surface area contributed by atoms with E-state index in [1.54, 1.807) is 6.07 Å². The van der Waals surface area contributed by atoms with E-state index in [0.29, 0.717) is 12.0 Å². The van der Waals surface area contributed by atoms with Gasteiger partial charge in [-0.2, -0.15) is 0 Å². The van der Waals surface area contributed by atoms with Crippen LogP contribution in [-0.4, -0.2) is 36.4 Å². The van der Waals surface area contributed by atoms with Crippen molar-refractivity contribution in [3.05, 3.63) is 29.6 Å². The Balaban J connectivity index is 2.17. The van der Waals surface area contributed by atoms with E-state index in [2.05, 4.69) is 5.32 Å². The number of carbonyl (C=O) groups excluding carboxylic acids is 2. The van der Waals surface area contributed by atoms with E-state index in [1.807, 2.05) is 6.92 Å². The molecule has 1 aliphatic rings. The topological polar surface area (TPSA) is 58.6 Å². The molecule has 5 nitrogen and oxygen atoms in total. The number of nitrogens with one attached hydrogen (secondary N) is 1. The van der Waals surface area contributed by atoms with Crippen molar-refractivity contribution in [2.45, 2.75) is 25.9 Å². The minimum absolute atomic E-state index is 0.0801. The Morgan fingerprint density at radius 1 is 1.45 bits per heavy atom. The number of piperazine rings is 1. The standard InChI is InChI=1S/C14H17FN2O3/c1-3-11-14(19)17(13(18)7-16-11)8-9-4-5-12(20-2)10(15)6-9/h4-6,11,16H,3,7-8H2,1-2H3. The molecule has 2 rings (SSSR count). The van der Waals surface area contributed by atoms with Crippen LogP contribution in [0.3, 0.4) is 0 Å². The Bertz CT molecular complexity index is 533. The minimum Gasteiger partial charge on any atom is -0.494 e. The third kappa shape index (κ3) is 2.80. The first-order valence-electron chi connectivity index (χ1n) is 6.46. The molecule has 6 heteroatoms. The van der Waals surface area contributed by atoms with Crippen molar-refractivity contribution >= 4 is 11.8 Å². The normalized spacial score (nSPS) is 19.4. The summed E-state index contributed by atoms with van der Waals surface area (Å²) in [5.74, 6) is -0.930. The van der Waals surface area contributed by atoms with Gasteiger partial charge >= 0.3 is 0 Å². The van der Waals surface area contributed by atoms with E-state index in [-0.39, 0.29) is 36.7 Å². The third-order valence-electron chi connectivity index (χ3n) is 3.33. The van der Waals surface area contributed by atoms with E-state index in [9.17, 15) is 14.0 Å². The lowest BCUT2D eigenvalue weighted by molar-refractivity contribution is -0.150. The largest absolute Gasteiger partial charge is 0.494 e. The molecule has 1 fully saturated rings. The lowest BCUT2D eigenvalue weighted by atomic mass is 10.1. The summed E-state index contributed by atoms with van der Waals surface area (Å²) in [5, 5.41) is 2.88. The fourth-order valence-corrected chi connectivity index (χ4v) is 2.18. The number of ether oxygens (including phenoxy) is 1. The summed E-state index contributed by atoms with van der Waals surface area (Å²) in [6, 6.07) is 4.06. The fraction of sp³-hybridized carbons (Fsp3) is 0.429. The fourth-order valence-electron chi connectivity index (χ4n) is 2.18. The Kier molecular flexibility index (Phi) is 4.34. The summed E-state index contributed by atoms with van der Waals surface area (Å²) < 4.78 is 18.5. The van der Waals surface area contributed by atoms with Crippen LogP contribution in [0.2, 0.25) is 0 Å². The summed E-state index contributed by atoms with van der Waals surface area (Å²) in [6.45, 7) is 2.08. The smallest absolute Gasteiger partial charge is 0.246 e. The van der Waals surface area contributed by atoms with Gasteiger partial charge in [-0.15, -0.1) is 0 Å². The highest BCUT2D eigenvalue weighted by Crippen LogP contribution is 2.19. The molecular formula is C14H17FN2O3. The van der Waals surface area contributed by atoms with Crippen LogP contribution in [0, 0.1) is 5.82 Å². The van der Waals surface area contributed by atoms with Crippen LogP contribution in [0.15, 0.2) is 18.2 Å². The Morgan fingerprint density at radius 2 is 2.20 bits per heavy atom. The van der Waals surface area contributed by atoms with Gasteiger partial charge in [0.25, 0.3) is 0 Å². The van der Waals surface area contributed by atoms with Crippen molar-refractivity contribution in [2.24, 2.45) is 0 Å². The van der Waals surface area contributed by atoms with Gasteiger partial charge in [0, 0.05) is 0 Å². The highest BCUT2D eigenvalue weighted by molar-refractivity contribution is 6.01. The zero-order valence-electron chi connectivity index (χ0n) is 11.5. The SMILES string of the molecule is CCC1NCC(=O)N(Cc2ccc(OC)c(F)c2)C1=O. The quantitative estimate of drug-likeness (QED) is 0.838. The summed E-state index contributed by atoms with van der Waals surface area (Å²) >= 11 is 0. The summed E-state index contributed by atoms with van der Waals surface area (Å²) in [5.41, 5.74) is 0.557. The molecule has 20 heavy (non-hydrogen) atoms. The van der Waals surface area contributed by atoms with Crippen molar-refractivity contribution < 1.29 is 18.7 Å². The molecule has 1 unspecified atom stereocenters. The molecule has 1 aromatic carbocycles. The van der Waals surface area contributed by atoms with Crippen molar-refractivity contribution in [2.75, 3.05) is 13.7 Å². The molecule has 0 radical (unpaired) electrons. The summed E-state index contributed by atoms with van der Waals surface area (Å²) in [6.07, 6.45) is 0.611. The second kappa shape index (κ2) is 6.00. The predicted molar refractivity (Wildman–Crippen MR) is 70.6 cm³/mol. The monoisotopic (exact) mass is 280 g/mol. The number of amides is 2. The third-order valence-corrected chi connectivity index (χ3v) is 3.33. The Morgan fingerprint density at radius 3 is 2.80 bits per heavy atom. The van der Waals surface area contributed by atoms with Gasteiger partial charge in [0.1, 0.15) is 0 Å². The van der Waals surface area contributed by atoms with Crippen molar-refractivity contribution in [1.29, 1.82) is 0 Å². The highest BCUT2D eigenvalue weighted by atomic mass is 19.1. The molecule has 2 amide bonds. The number of hydrogen-bond donors (Lipinski definition) is 1. The van der Waals surface area contributed by atoms with Gasteiger partial charge in [0.05, 0.1) is 26.2 Å². The first-order valence-corrected chi connectivity index (χ1v) is 6.46. The molecule has 108 valence electrons. The number of rotatable bonds is 4. The number of methoxy groups -OCH3 is 1. The number of nitrogens with zero attached hydrogens (tertiary/aromatic N) is 1. The molecule has 1 aliphatic heterocycles. The van der Waals surface area contributed by atoms with E-state index in [4.69, 9.17) is 4.74 Å². The molecule has 0 spiro atoms. The average Bonchev–Trinajstić information content (AvgIpc) is 2.44. The van der Waals surface area contributed by atoms with Gasteiger partial charge in [0.15, 0.2) is 11.6 Å². The van der Waals surface area contributed by atoms with E-state index >= 15 is 0 Å². The first-order chi connectivity index (χ1) is 9.56. The maximum absolute atomic E-state index is 13.6. The molecule has 0 aromatic heterocycles. The van der Waals surface area contributed by atoms with Gasteiger partial charge in [-0.1, -0.05) is 13.0 Å². The number of halogens is 1. The van der Waals surface area contributed by atoms with Gasteiger partial charge < -0.3 is 4.74 Å².